The Morgan fingerprint density at radius 2 is 1.68 bits per heavy atom. The number of carboxylic acids is 1. The molecule has 0 radical (unpaired) electrons. The summed E-state index contributed by atoms with van der Waals surface area (Å²) in [6.07, 6.45) is 10.3. The lowest BCUT2D eigenvalue weighted by molar-refractivity contribution is -0.137. The summed E-state index contributed by atoms with van der Waals surface area (Å²) in [7, 11) is 1.98. The molecule has 1 aromatic heterocycles. The molecule has 0 aliphatic heterocycles. The standard InChI is InChI=1S/C32H39ClN4O3/c1-36(20-18-25-10-6-3-7-11-25)32-34-22-28(29(35-32)17-14-24-8-4-2-5-9-24)31(40)37(21-19-30(38)39)23-26-12-15-27(33)16-13-26/h3,6-7,10-13,15-16,22,24H,2,4-5,8-9,14,17-21,23H2,1H3,(H,38,39). The fourth-order valence-electron chi connectivity index (χ4n) is 5.28. The molecule has 2 aromatic carbocycles. The summed E-state index contributed by atoms with van der Waals surface area (Å²) >= 11 is 6.05. The minimum Gasteiger partial charge on any atom is -0.481 e. The fourth-order valence-corrected chi connectivity index (χ4v) is 5.41. The molecule has 7 nitrogen and oxygen atoms in total. The van der Waals surface area contributed by atoms with Gasteiger partial charge in [-0.05, 0) is 48.4 Å². The van der Waals surface area contributed by atoms with E-state index in [1.54, 1.807) is 23.2 Å². The van der Waals surface area contributed by atoms with Crippen molar-refractivity contribution in [2.75, 3.05) is 25.0 Å². The molecule has 1 aliphatic rings. The highest BCUT2D eigenvalue weighted by molar-refractivity contribution is 6.30. The molecular formula is C32H39ClN4O3. The Labute approximate surface area is 242 Å². The first-order valence-corrected chi connectivity index (χ1v) is 14.6. The SMILES string of the molecule is CN(CCc1ccccc1)c1ncc(C(=O)N(CCC(=O)O)Cc2ccc(Cl)cc2)c(CCC2CCCCC2)n1. The second-order valence-corrected chi connectivity index (χ2v) is 11.2. The second kappa shape index (κ2) is 14.8. The van der Waals surface area contributed by atoms with Gasteiger partial charge >= 0.3 is 5.97 Å². The van der Waals surface area contributed by atoms with Crippen molar-refractivity contribution in [1.29, 1.82) is 0 Å². The molecule has 0 spiro atoms. The molecule has 3 aromatic rings. The molecule has 4 rings (SSSR count). The van der Waals surface area contributed by atoms with Gasteiger partial charge in [-0.25, -0.2) is 9.97 Å². The van der Waals surface area contributed by atoms with E-state index in [4.69, 9.17) is 16.6 Å². The summed E-state index contributed by atoms with van der Waals surface area (Å²) in [6, 6.07) is 17.6. The normalized spacial score (nSPS) is 13.7. The Kier molecular flexibility index (Phi) is 10.9. The number of carboxylic acid groups (broad SMARTS) is 1. The van der Waals surface area contributed by atoms with E-state index in [1.807, 2.05) is 42.3 Å². The van der Waals surface area contributed by atoms with E-state index in [0.717, 1.165) is 30.6 Å². The van der Waals surface area contributed by atoms with Crippen molar-refractivity contribution in [2.24, 2.45) is 5.92 Å². The van der Waals surface area contributed by atoms with E-state index in [1.165, 1.54) is 37.7 Å². The maximum atomic E-state index is 13.9. The Morgan fingerprint density at radius 1 is 0.950 bits per heavy atom. The summed E-state index contributed by atoms with van der Waals surface area (Å²) in [5.74, 6) is 0.0513. The zero-order valence-electron chi connectivity index (χ0n) is 23.3. The molecule has 0 saturated heterocycles. The molecule has 8 heteroatoms. The maximum Gasteiger partial charge on any atom is 0.305 e. The molecule has 40 heavy (non-hydrogen) atoms. The van der Waals surface area contributed by atoms with Crippen LogP contribution in [-0.2, 0) is 24.2 Å². The predicted molar refractivity (Wildman–Crippen MR) is 159 cm³/mol. The van der Waals surface area contributed by atoms with Crippen molar-refractivity contribution in [3.05, 3.63) is 88.2 Å². The Hall–Kier alpha value is -3.45. The molecule has 1 aliphatic carbocycles. The van der Waals surface area contributed by atoms with Gasteiger partial charge in [0.15, 0.2) is 0 Å². The summed E-state index contributed by atoms with van der Waals surface area (Å²) in [6.45, 7) is 1.13. The minimum absolute atomic E-state index is 0.0948. The number of hydrogen-bond donors (Lipinski definition) is 1. The quantitative estimate of drug-likeness (QED) is 0.258. The number of halogens is 1. The summed E-state index contributed by atoms with van der Waals surface area (Å²) in [4.78, 5) is 38.4. The lowest BCUT2D eigenvalue weighted by Crippen LogP contribution is -2.34. The van der Waals surface area contributed by atoms with Gasteiger partial charge in [0.2, 0.25) is 5.95 Å². The molecule has 1 fully saturated rings. The first-order chi connectivity index (χ1) is 19.4. The second-order valence-electron chi connectivity index (χ2n) is 10.7. The third kappa shape index (κ3) is 8.78. The Morgan fingerprint density at radius 3 is 2.38 bits per heavy atom. The first-order valence-electron chi connectivity index (χ1n) is 14.3. The number of carbonyl (C=O) groups is 2. The van der Waals surface area contributed by atoms with Crippen LogP contribution in [0.1, 0.15) is 72.1 Å². The zero-order valence-corrected chi connectivity index (χ0v) is 24.0. The molecule has 1 amide bonds. The molecule has 0 atom stereocenters. The highest BCUT2D eigenvalue weighted by Crippen LogP contribution is 2.28. The highest BCUT2D eigenvalue weighted by Gasteiger charge is 2.24. The van der Waals surface area contributed by atoms with Crippen LogP contribution in [0.4, 0.5) is 5.95 Å². The maximum absolute atomic E-state index is 13.9. The van der Waals surface area contributed by atoms with Crippen LogP contribution in [0.5, 0.6) is 0 Å². The van der Waals surface area contributed by atoms with Crippen LogP contribution in [0.25, 0.3) is 0 Å². The summed E-state index contributed by atoms with van der Waals surface area (Å²) in [5.41, 5.74) is 3.32. The van der Waals surface area contributed by atoms with E-state index in [-0.39, 0.29) is 25.4 Å². The van der Waals surface area contributed by atoms with Crippen molar-refractivity contribution in [2.45, 2.75) is 64.3 Å². The number of aromatic nitrogens is 2. The van der Waals surface area contributed by atoms with Gasteiger partial charge < -0.3 is 14.9 Å². The van der Waals surface area contributed by atoms with Gasteiger partial charge in [-0.3, -0.25) is 9.59 Å². The summed E-state index contributed by atoms with van der Waals surface area (Å²) < 4.78 is 0. The number of amides is 1. The monoisotopic (exact) mass is 562 g/mol. The number of aryl methyl sites for hydroxylation is 1. The third-order valence-electron chi connectivity index (χ3n) is 7.69. The molecule has 0 bridgehead atoms. The minimum atomic E-state index is -0.946. The molecular weight excluding hydrogens is 524 g/mol. The number of nitrogens with zero attached hydrogens (tertiary/aromatic N) is 4. The average molecular weight is 563 g/mol. The molecule has 1 saturated carbocycles. The van der Waals surface area contributed by atoms with Gasteiger partial charge in [0.05, 0.1) is 17.7 Å². The van der Waals surface area contributed by atoms with Crippen LogP contribution in [0.15, 0.2) is 60.8 Å². The van der Waals surface area contributed by atoms with Crippen molar-refractivity contribution >= 4 is 29.4 Å². The number of aliphatic carboxylic acids is 1. The Balaban J connectivity index is 1.57. The summed E-state index contributed by atoms with van der Waals surface area (Å²) in [5, 5.41) is 9.95. The van der Waals surface area contributed by atoms with Crippen LogP contribution in [0.3, 0.4) is 0 Å². The number of rotatable bonds is 13. The van der Waals surface area contributed by atoms with Gasteiger partial charge in [0.25, 0.3) is 5.91 Å². The van der Waals surface area contributed by atoms with Crippen molar-refractivity contribution in [3.63, 3.8) is 0 Å². The molecule has 212 valence electrons. The van der Waals surface area contributed by atoms with Gasteiger partial charge in [0, 0.05) is 37.9 Å². The largest absolute Gasteiger partial charge is 0.481 e. The fraction of sp³-hybridized carbons (Fsp3) is 0.438. The van der Waals surface area contributed by atoms with E-state index >= 15 is 0 Å². The van der Waals surface area contributed by atoms with Crippen LogP contribution < -0.4 is 4.90 Å². The van der Waals surface area contributed by atoms with Gasteiger partial charge in [-0.15, -0.1) is 0 Å². The van der Waals surface area contributed by atoms with Crippen LogP contribution in [0, 0.1) is 5.92 Å². The van der Waals surface area contributed by atoms with E-state index in [2.05, 4.69) is 17.1 Å². The number of likely N-dealkylation sites (N-methyl/N-ethyl adjacent to an activating group) is 1. The van der Waals surface area contributed by atoms with Crippen molar-refractivity contribution < 1.29 is 14.7 Å². The smallest absolute Gasteiger partial charge is 0.305 e. The van der Waals surface area contributed by atoms with Crippen LogP contribution >= 0.6 is 11.6 Å². The van der Waals surface area contributed by atoms with Gasteiger partial charge in [0.1, 0.15) is 0 Å². The number of benzene rings is 2. The number of carbonyl (C=O) groups excluding carboxylic acids is 1. The number of anilines is 1. The molecule has 1 N–H and O–H groups in total. The van der Waals surface area contributed by atoms with E-state index < -0.39 is 5.97 Å². The lowest BCUT2D eigenvalue weighted by atomic mass is 9.85. The van der Waals surface area contributed by atoms with Crippen LogP contribution in [0.2, 0.25) is 5.02 Å². The topological polar surface area (TPSA) is 86.6 Å². The van der Waals surface area contributed by atoms with E-state index in [0.29, 0.717) is 28.9 Å². The average Bonchev–Trinajstić information content (AvgIpc) is 2.98. The molecule has 0 unspecified atom stereocenters. The lowest BCUT2D eigenvalue weighted by Gasteiger charge is -2.25. The van der Waals surface area contributed by atoms with Gasteiger partial charge in [-0.2, -0.15) is 0 Å². The number of hydrogen-bond acceptors (Lipinski definition) is 5. The van der Waals surface area contributed by atoms with Crippen LogP contribution in [-0.4, -0.2) is 52.0 Å². The molecule has 1 heterocycles. The predicted octanol–water partition coefficient (Wildman–Crippen LogP) is 6.44. The van der Waals surface area contributed by atoms with Crippen molar-refractivity contribution in [3.8, 4) is 0 Å². The first kappa shape index (κ1) is 29.5. The van der Waals surface area contributed by atoms with Gasteiger partial charge in [-0.1, -0.05) is 86.2 Å². The zero-order chi connectivity index (χ0) is 28.3. The third-order valence-corrected chi connectivity index (χ3v) is 7.94. The highest BCUT2D eigenvalue weighted by atomic mass is 35.5. The van der Waals surface area contributed by atoms with Crippen molar-refractivity contribution in [1.82, 2.24) is 14.9 Å². The van der Waals surface area contributed by atoms with E-state index in [9.17, 15) is 14.7 Å². The Bertz CT molecular complexity index is 1250.